The van der Waals surface area contributed by atoms with Crippen LogP contribution in [0.2, 0.25) is 0 Å². The van der Waals surface area contributed by atoms with E-state index >= 15 is 0 Å². The number of ketones is 1. The highest BCUT2D eigenvalue weighted by atomic mass is 16.6. The predicted octanol–water partition coefficient (Wildman–Crippen LogP) is 2.91. The lowest BCUT2D eigenvalue weighted by Gasteiger charge is -2.26. The molecule has 21 heavy (non-hydrogen) atoms. The monoisotopic (exact) mass is 294 g/mol. The third kappa shape index (κ3) is 4.82. The molecule has 0 N–H and O–H groups in total. The number of hydrogen-bond donors (Lipinski definition) is 0. The second-order valence-electron chi connectivity index (χ2n) is 5.35. The van der Waals surface area contributed by atoms with Gasteiger partial charge in [-0.25, -0.2) is 0 Å². The molecule has 0 aliphatic heterocycles. The van der Waals surface area contributed by atoms with Crippen molar-refractivity contribution in [2.24, 2.45) is 5.92 Å². The smallest absolute Gasteiger partial charge is 0.280 e. The van der Waals surface area contributed by atoms with Gasteiger partial charge in [-0.05, 0) is 25.0 Å². The topological polar surface area (TPSA) is 72.7 Å². The van der Waals surface area contributed by atoms with Crippen molar-refractivity contribution in [1.29, 1.82) is 0 Å². The number of carbonyl (C=O) groups is 1. The summed E-state index contributed by atoms with van der Waals surface area (Å²) < 4.78 is 5.10. The van der Waals surface area contributed by atoms with Gasteiger partial charge in [0.05, 0.1) is 17.1 Å². The minimum absolute atomic E-state index is 0.142. The molecule has 0 heterocycles. The van der Waals surface area contributed by atoms with E-state index in [1.165, 1.54) is 13.0 Å². The van der Waals surface area contributed by atoms with Gasteiger partial charge in [0.2, 0.25) is 0 Å². The summed E-state index contributed by atoms with van der Waals surface area (Å²) in [7, 11) is 1.63. The number of hydrogen-bond acceptors (Lipinski definition) is 5. The van der Waals surface area contributed by atoms with Crippen LogP contribution in [0.15, 0.2) is 18.2 Å². The van der Waals surface area contributed by atoms with Gasteiger partial charge in [-0.1, -0.05) is 13.8 Å². The molecule has 0 atom stereocenters. The minimum atomic E-state index is -0.525. The van der Waals surface area contributed by atoms with Crippen molar-refractivity contribution < 1.29 is 14.5 Å². The molecule has 0 saturated carbocycles. The number of rotatable bonds is 8. The average Bonchev–Trinajstić information content (AvgIpc) is 2.42. The number of nitro groups is 1. The third-order valence-electron chi connectivity index (χ3n) is 3.07. The van der Waals surface area contributed by atoms with Crippen LogP contribution in [-0.4, -0.2) is 37.5 Å². The second-order valence-corrected chi connectivity index (χ2v) is 5.35. The highest BCUT2D eigenvalue weighted by Gasteiger charge is 2.19. The molecular formula is C15H22N2O4. The van der Waals surface area contributed by atoms with Crippen LogP contribution in [-0.2, 0) is 4.74 Å². The van der Waals surface area contributed by atoms with Gasteiger partial charge in [0.25, 0.3) is 5.69 Å². The van der Waals surface area contributed by atoms with E-state index < -0.39 is 4.92 Å². The van der Waals surface area contributed by atoms with E-state index in [4.69, 9.17) is 4.74 Å². The van der Waals surface area contributed by atoms with E-state index in [0.29, 0.717) is 19.1 Å². The van der Waals surface area contributed by atoms with Crippen molar-refractivity contribution in [3.05, 3.63) is 33.9 Å². The summed E-state index contributed by atoms with van der Waals surface area (Å²) in [5, 5.41) is 11.0. The minimum Gasteiger partial charge on any atom is -0.383 e. The van der Waals surface area contributed by atoms with E-state index in [-0.39, 0.29) is 17.0 Å². The lowest BCUT2D eigenvalue weighted by molar-refractivity contribution is -0.385. The Kier molecular flexibility index (Phi) is 6.30. The van der Waals surface area contributed by atoms with Gasteiger partial charge in [-0.15, -0.1) is 0 Å². The molecule has 0 spiro atoms. The van der Waals surface area contributed by atoms with Gasteiger partial charge in [-0.2, -0.15) is 0 Å². The number of benzene rings is 1. The van der Waals surface area contributed by atoms with E-state index in [1.807, 2.05) is 0 Å². The quantitative estimate of drug-likeness (QED) is 0.419. The zero-order valence-electron chi connectivity index (χ0n) is 13.0. The Morgan fingerprint density at radius 1 is 1.43 bits per heavy atom. The first-order valence-electron chi connectivity index (χ1n) is 6.90. The van der Waals surface area contributed by atoms with Crippen LogP contribution in [0.5, 0.6) is 0 Å². The Labute approximate surface area is 124 Å². The fourth-order valence-corrected chi connectivity index (χ4v) is 2.13. The molecule has 6 nitrogen and oxygen atoms in total. The standard InChI is InChI=1S/C15H22N2O4/c1-11(2)10-16(7-8-21-4)13-5-6-15(17(19)20)14(9-13)12(3)18/h5-6,9,11H,7-8,10H2,1-4H3. The Bertz CT molecular complexity index is 514. The summed E-state index contributed by atoms with van der Waals surface area (Å²) in [5.41, 5.74) is 0.794. The van der Waals surface area contributed by atoms with E-state index in [2.05, 4.69) is 18.7 Å². The number of nitrogens with zero attached hydrogens (tertiary/aromatic N) is 2. The maximum absolute atomic E-state index is 11.6. The molecule has 116 valence electrons. The first kappa shape index (κ1) is 17.1. The molecule has 0 saturated heterocycles. The fraction of sp³-hybridized carbons (Fsp3) is 0.533. The van der Waals surface area contributed by atoms with E-state index in [9.17, 15) is 14.9 Å². The number of Topliss-reactive ketones (excluding diaryl/α,β-unsaturated/α-hetero) is 1. The molecule has 0 aromatic heterocycles. The number of ether oxygens (including phenoxy) is 1. The van der Waals surface area contributed by atoms with Gasteiger partial charge >= 0.3 is 0 Å². The van der Waals surface area contributed by atoms with Crippen LogP contribution in [0, 0.1) is 16.0 Å². The van der Waals surface area contributed by atoms with Crippen molar-refractivity contribution >= 4 is 17.2 Å². The summed E-state index contributed by atoms with van der Waals surface area (Å²) >= 11 is 0. The first-order chi connectivity index (χ1) is 9.86. The van der Waals surface area contributed by atoms with Crippen molar-refractivity contribution in [2.75, 3.05) is 31.7 Å². The molecule has 0 radical (unpaired) electrons. The summed E-state index contributed by atoms with van der Waals surface area (Å²) in [6.07, 6.45) is 0. The van der Waals surface area contributed by atoms with Gasteiger partial charge in [0.15, 0.2) is 5.78 Å². The van der Waals surface area contributed by atoms with Gasteiger partial charge in [-0.3, -0.25) is 14.9 Å². The van der Waals surface area contributed by atoms with Crippen LogP contribution in [0.3, 0.4) is 0 Å². The van der Waals surface area contributed by atoms with Crippen molar-refractivity contribution in [3.63, 3.8) is 0 Å². The molecule has 0 aliphatic carbocycles. The molecule has 1 aromatic rings. The molecule has 0 bridgehead atoms. The average molecular weight is 294 g/mol. The maximum atomic E-state index is 11.6. The largest absolute Gasteiger partial charge is 0.383 e. The van der Waals surface area contributed by atoms with Crippen LogP contribution in [0.1, 0.15) is 31.1 Å². The maximum Gasteiger partial charge on any atom is 0.280 e. The summed E-state index contributed by atoms with van der Waals surface area (Å²) in [5.74, 6) is 0.123. The van der Waals surface area contributed by atoms with Crippen molar-refractivity contribution in [3.8, 4) is 0 Å². The normalized spacial score (nSPS) is 10.7. The van der Waals surface area contributed by atoms with Crippen molar-refractivity contribution in [1.82, 2.24) is 0 Å². The highest BCUT2D eigenvalue weighted by molar-refractivity contribution is 5.99. The summed E-state index contributed by atoms with van der Waals surface area (Å²) in [6.45, 7) is 7.55. The van der Waals surface area contributed by atoms with Crippen LogP contribution in [0.25, 0.3) is 0 Å². The van der Waals surface area contributed by atoms with Crippen LogP contribution in [0.4, 0.5) is 11.4 Å². The Morgan fingerprint density at radius 2 is 2.10 bits per heavy atom. The zero-order chi connectivity index (χ0) is 16.0. The molecule has 0 fully saturated rings. The zero-order valence-corrected chi connectivity index (χ0v) is 13.0. The highest BCUT2D eigenvalue weighted by Crippen LogP contribution is 2.26. The van der Waals surface area contributed by atoms with Gasteiger partial charge in [0.1, 0.15) is 0 Å². The molecule has 1 aromatic carbocycles. The molecular weight excluding hydrogens is 272 g/mol. The first-order valence-corrected chi connectivity index (χ1v) is 6.90. The lowest BCUT2D eigenvalue weighted by Crippen LogP contribution is -2.31. The van der Waals surface area contributed by atoms with E-state index in [0.717, 1.165) is 12.2 Å². The fourth-order valence-electron chi connectivity index (χ4n) is 2.13. The second kappa shape index (κ2) is 7.73. The molecule has 1 rings (SSSR count). The Balaban J connectivity index is 3.16. The van der Waals surface area contributed by atoms with E-state index in [1.54, 1.807) is 19.2 Å². The van der Waals surface area contributed by atoms with Crippen LogP contribution < -0.4 is 4.90 Å². The van der Waals surface area contributed by atoms with Gasteiger partial charge in [0, 0.05) is 32.0 Å². The lowest BCUT2D eigenvalue weighted by atomic mass is 10.1. The van der Waals surface area contributed by atoms with Gasteiger partial charge < -0.3 is 9.64 Å². The molecule has 0 unspecified atom stereocenters. The number of anilines is 1. The summed E-state index contributed by atoms with van der Waals surface area (Å²) in [4.78, 5) is 24.2. The SMILES string of the molecule is COCCN(CC(C)C)c1ccc([N+](=O)[O-])c(C(C)=O)c1. The molecule has 0 amide bonds. The Morgan fingerprint density at radius 3 is 2.57 bits per heavy atom. The summed E-state index contributed by atoms with van der Waals surface area (Å²) in [6, 6.07) is 4.67. The molecule has 6 heteroatoms. The van der Waals surface area contributed by atoms with Crippen LogP contribution >= 0.6 is 0 Å². The van der Waals surface area contributed by atoms with Crippen molar-refractivity contribution in [2.45, 2.75) is 20.8 Å². The number of nitro benzene ring substituents is 1. The molecule has 0 aliphatic rings. The number of carbonyl (C=O) groups excluding carboxylic acids is 1. The predicted molar refractivity (Wildman–Crippen MR) is 82.0 cm³/mol. The number of methoxy groups -OCH3 is 1. The Hall–Kier alpha value is -1.95. The third-order valence-corrected chi connectivity index (χ3v) is 3.07.